The fraction of sp³-hybridized carbons (Fsp3) is 0.421. The maximum absolute atomic E-state index is 13.0. The van der Waals surface area contributed by atoms with Crippen molar-refractivity contribution in [1.82, 2.24) is 10.2 Å². The molecule has 1 aromatic carbocycles. The van der Waals surface area contributed by atoms with E-state index < -0.39 is 17.9 Å². The Bertz CT molecular complexity index is 746. The van der Waals surface area contributed by atoms with E-state index in [1.807, 2.05) is 0 Å². The molecule has 1 aliphatic heterocycles. The van der Waals surface area contributed by atoms with E-state index in [1.165, 1.54) is 18.0 Å². The van der Waals surface area contributed by atoms with Crippen molar-refractivity contribution in [1.29, 1.82) is 0 Å². The summed E-state index contributed by atoms with van der Waals surface area (Å²) in [5, 5.41) is 2.21. The molecule has 1 unspecified atom stereocenters. The Morgan fingerprint density at radius 2 is 2.07 bits per heavy atom. The monoisotopic (exact) mass is 374 g/mol. The van der Waals surface area contributed by atoms with E-state index in [-0.39, 0.29) is 35.6 Å². The zero-order valence-electron chi connectivity index (χ0n) is 15.1. The highest BCUT2D eigenvalue weighted by Gasteiger charge is 2.34. The van der Waals surface area contributed by atoms with Crippen molar-refractivity contribution >= 4 is 30.3 Å². The van der Waals surface area contributed by atoms with Crippen molar-refractivity contribution in [2.24, 2.45) is 0 Å². The van der Waals surface area contributed by atoms with Gasteiger partial charge < -0.3 is 14.4 Å². The van der Waals surface area contributed by atoms with E-state index in [4.69, 9.17) is 4.74 Å². The number of nitrogens with one attached hydrogen (secondary N) is 1. The molecule has 0 aliphatic carbocycles. The number of piperidine rings is 1. The van der Waals surface area contributed by atoms with E-state index in [1.54, 1.807) is 12.1 Å². The van der Waals surface area contributed by atoms with Crippen LogP contribution >= 0.6 is 0 Å². The second-order valence-electron chi connectivity index (χ2n) is 6.23. The summed E-state index contributed by atoms with van der Waals surface area (Å²) in [6.45, 7) is 0.290. The van der Waals surface area contributed by atoms with Crippen LogP contribution in [0, 0.1) is 0 Å². The minimum atomic E-state index is -0.796. The van der Waals surface area contributed by atoms with Crippen LogP contribution in [0.5, 0.6) is 5.75 Å². The third-order valence-corrected chi connectivity index (χ3v) is 4.37. The number of likely N-dealkylation sites (N-methyl/N-ethyl adjacent to an activating group) is 1. The highest BCUT2D eigenvalue weighted by Crippen LogP contribution is 2.25. The Balaban J connectivity index is 2.20. The van der Waals surface area contributed by atoms with Crippen LogP contribution in [0.2, 0.25) is 0 Å². The molecule has 27 heavy (non-hydrogen) atoms. The van der Waals surface area contributed by atoms with Crippen LogP contribution in [-0.4, -0.2) is 54.9 Å². The second-order valence-corrected chi connectivity index (χ2v) is 6.23. The van der Waals surface area contributed by atoms with Crippen molar-refractivity contribution in [2.45, 2.75) is 38.1 Å². The van der Waals surface area contributed by atoms with Gasteiger partial charge in [0.05, 0.1) is 12.2 Å². The second kappa shape index (κ2) is 9.61. The molecule has 1 heterocycles. The van der Waals surface area contributed by atoms with Gasteiger partial charge in [0.25, 0.3) is 5.91 Å². The third-order valence-electron chi connectivity index (χ3n) is 4.37. The van der Waals surface area contributed by atoms with Gasteiger partial charge in [0.2, 0.25) is 11.8 Å². The molecule has 1 saturated heterocycles. The van der Waals surface area contributed by atoms with E-state index in [9.17, 15) is 24.0 Å². The number of ether oxygens (including phenoxy) is 1. The summed E-state index contributed by atoms with van der Waals surface area (Å²) in [4.78, 5) is 59.3. The van der Waals surface area contributed by atoms with Crippen molar-refractivity contribution in [2.75, 3.05) is 13.7 Å². The summed E-state index contributed by atoms with van der Waals surface area (Å²) in [5.41, 5.74) is 0.236. The van der Waals surface area contributed by atoms with Gasteiger partial charge in [-0.3, -0.25) is 24.5 Å². The first-order valence-corrected chi connectivity index (χ1v) is 8.75. The molecule has 0 bridgehead atoms. The van der Waals surface area contributed by atoms with Crippen molar-refractivity contribution in [3.05, 3.63) is 29.3 Å². The highest BCUT2D eigenvalue weighted by atomic mass is 16.5. The van der Waals surface area contributed by atoms with Gasteiger partial charge in [-0.2, -0.15) is 0 Å². The molecule has 0 radical (unpaired) electrons. The normalized spacial score (nSPS) is 16.4. The number of hydrogen-bond acceptors (Lipinski definition) is 6. The number of unbranched alkanes of at least 4 members (excludes halogenated alkanes) is 2. The highest BCUT2D eigenvalue weighted by molar-refractivity contribution is 6.07. The summed E-state index contributed by atoms with van der Waals surface area (Å²) >= 11 is 0. The number of amides is 3. The maximum atomic E-state index is 13.0. The lowest BCUT2D eigenvalue weighted by Crippen LogP contribution is -2.53. The van der Waals surface area contributed by atoms with Gasteiger partial charge in [0.1, 0.15) is 18.1 Å². The van der Waals surface area contributed by atoms with Crippen LogP contribution in [0.4, 0.5) is 0 Å². The quantitative estimate of drug-likeness (QED) is 0.394. The topological polar surface area (TPSA) is 110 Å². The van der Waals surface area contributed by atoms with Gasteiger partial charge in [0, 0.05) is 25.5 Å². The van der Waals surface area contributed by atoms with Gasteiger partial charge >= 0.3 is 0 Å². The molecule has 1 atom stereocenters. The van der Waals surface area contributed by atoms with Crippen molar-refractivity contribution < 1.29 is 28.7 Å². The molecule has 0 saturated carbocycles. The maximum Gasteiger partial charge on any atom is 0.258 e. The molecule has 3 amide bonds. The molecule has 0 aromatic heterocycles. The Morgan fingerprint density at radius 3 is 2.74 bits per heavy atom. The van der Waals surface area contributed by atoms with Gasteiger partial charge in [-0.15, -0.1) is 0 Å². The van der Waals surface area contributed by atoms with Crippen LogP contribution < -0.4 is 10.1 Å². The van der Waals surface area contributed by atoms with E-state index in [0.29, 0.717) is 32.2 Å². The summed E-state index contributed by atoms with van der Waals surface area (Å²) in [7, 11) is 1.46. The number of rotatable bonds is 9. The lowest BCUT2D eigenvalue weighted by molar-refractivity contribution is -0.136. The van der Waals surface area contributed by atoms with E-state index in [0.717, 1.165) is 6.29 Å². The third kappa shape index (κ3) is 4.99. The SMILES string of the molecule is CN(C(=O)c1c(C=O)cccc1OCCCCC=O)C1CCC(=O)NC1=O. The standard InChI is InChI=1S/C19H22N2O6/c1-21(14-8-9-16(24)20-18(14)25)19(26)17-13(12-23)6-5-7-15(17)27-11-4-2-3-10-22/h5-7,10,12,14H,2-4,8-9,11H2,1H3,(H,20,24,25). The minimum absolute atomic E-state index is 0.0788. The predicted molar refractivity (Wildman–Crippen MR) is 95.5 cm³/mol. The molecular formula is C19H22N2O6. The lowest BCUT2D eigenvalue weighted by Gasteiger charge is -2.30. The average Bonchev–Trinajstić information content (AvgIpc) is 2.66. The first-order valence-electron chi connectivity index (χ1n) is 8.75. The molecule has 144 valence electrons. The minimum Gasteiger partial charge on any atom is -0.493 e. The molecule has 1 fully saturated rings. The van der Waals surface area contributed by atoms with Gasteiger partial charge in [-0.1, -0.05) is 12.1 Å². The van der Waals surface area contributed by atoms with Crippen LogP contribution in [-0.2, 0) is 14.4 Å². The molecule has 1 aliphatic rings. The smallest absolute Gasteiger partial charge is 0.258 e. The number of aldehydes is 2. The fourth-order valence-electron chi connectivity index (χ4n) is 2.88. The zero-order valence-corrected chi connectivity index (χ0v) is 15.1. The number of benzene rings is 1. The number of nitrogens with zero attached hydrogens (tertiary/aromatic N) is 1. The van der Waals surface area contributed by atoms with Crippen LogP contribution in [0.1, 0.15) is 52.8 Å². The van der Waals surface area contributed by atoms with Gasteiger partial charge in [0.15, 0.2) is 6.29 Å². The average molecular weight is 374 g/mol. The summed E-state index contributed by atoms with van der Waals surface area (Å²) < 4.78 is 5.65. The Morgan fingerprint density at radius 1 is 1.30 bits per heavy atom. The Hall–Kier alpha value is -3.03. The molecule has 1 aromatic rings. The summed E-state index contributed by atoms with van der Waals surface area (Å²) in [6.07, 6.45) is 3.47. The Labute approximate surface area is 156 Å². The van der Waals surface area contributed by atoms with Crippen LogP contribution in [0.3, 0.4) is 0 Å². The zero-order chi connectivity index (χ0) is 19.8. The van der Waals surface area contributed by atoms with Gasteiger partial charge in [-0.05, 0) is 25.3 Å². The number of carbonyl (C=O) groups excluding carboxylic acids is 5. The molecule has 0 spiro atoms. The van der Waals surface area contributed by atoms with Crippen LogP contribution in [0.25, 0.3) is 0 Å². The predicted octanol–water partition coefficient (Wildman–Crippen LogP) is 1.12. The number of carbonyl (C=O) groups is 5. The molecule has 8 nitrogen and oxygen atoms in total. The van der Waals surface area contributed by atoms with E-state index >= 15 is 0 Å². The summed E-state index contributed by atoms with van der Waals surface area (Å²) in [5.74, 6) is -1.20. The molecule has 8 heteroatoms. The lowest BCUT2D eigenvalue weighted by atomic mass is 10.0. The molecule has 2 rings (SSSR count). The first-order chi connectivity index (χ1) is 13.0. The number of imide groups is 1. The molecule has 1 N–H and O–H groups in total. The summed E-state index contributed by atoms with van der Waals surface area (Å²) in [6, 6.07) is 3.89. The van der Waals surface area contributed by atoms with Crippen molar-refractivity contribution in [3.8, 4) is 5.75 Å². The number of hydrogen-bond donors (Lipinski definition) is 1. The largest absolute Gasteiger partial charge is 0.493 e. The first kappa shape index (κ1) is 20.3. The molecular weight excluding hydrogens is 352 g/mol. The Kier molecular flexibility index (Phi) is 7.22. The fourth-order valence-corrected chi connectivity index (χ4v) is 2.88. The van der Waals surface area contributed by atoms with E-state index in [2.05, 4.69) is 5.32 Å². The van der Waals surface area contributed by atoms with Crippen molar-refractivity contribution in [3.63, 3.8) is 0 Å². The van der Waals surface area contributed by atoms with Gasteiger partial charge in [-0.25, -0.2) is 0 Å². The van der Waals surface area contributed by atoms with Crippen LogP contribution in [0.15, 0.2) is 18.2 Å².